The van der Waals surface area contributed by atoms with Crippen molar-refractivity contribution < 1.29 is 29.2 Å². The Morgan fingerprint density at radius 1 is 1.08 bits per heavy atom. The van der Waals surface area contributed by atoms with Crippen molar-refractivity contribution in [1.82, 2.24) is 24.6 Å². The van der Waals surface area contributed by atoms with Gasteiger partial charge in [-0.15, -0.1) is 5.10 Å². The summed E-state index contributed by atoms with van der Waals surface area (Å²) in [6.07, 6.45) is 0.747. The predicted octanol–water partition coefficient (Wildman–Crippen LogP) is 4.73. The fourth-order valence-electron chi connectivity index (χ4n) is 3.98. The maximum Gasteiger partial charge on any atom is 0.281 e. The number of morpholine rings is 1. The normalized spacial score (nSPS) is 22.4. The van der Waals surface area contributed by atoms with Gasteiger partial charge in [0, 0.05) is 48.3 Å². The van der Waals surface area contributed by atoms with E-state index in [9.17, 15) is 8.78 Å². The molecule has 6 rings (SSSR count). The van der Waals surface area contributed by atoms with Crippen LogP contribution in [0.4, 0.5) is 20.3 Å². The molecule has 1 aliphatic rings. The minimum absolute atomic E-state index is 0.0430. The summed E-state index contributed by atoms with van der Waals surface area (Å²) in [5, 5.41) is 7.96. The van der Waals surface area contributed by atoms with Gasteiger partial charge in [-0.05, 0) is 35.9 Å². The van der Waals surface area contributed by atoms with Crippen LogP contribution in [0.1, 0.15) is 28.6 Å². The van der Waals surface area contributed by atoms with Gasteiger partial charge in [-0.2, -0.15) is 0 Å². The Labute approximate surface area is 228 Å². The van der Waals surface area contributed by atoms with Crippen molar-refractivity contribution in [2.45, 2.75) is 13.0 Å². The van der Waals surface area contributed by atoms with E-state index in [1.165, 1.54) is 24.5 Å². The van der Waals surface area contributed by atoms with Crippen LogP contribution in [-0.2, 0) is 11.3 Å². The lowest BCUT2D eigenvalue weighted by atomic mass is 10.1. The molecule has 11 heteroatoms. The maximum absolute atomic E-state index is 13.9. The van der Waals surface area contributed by atoms with Gasteiger partial charge in [0.2, 0.25) is 0 Å². The Balaban J connectivity index is 1.41. The lowest BCUT2D eigenvalue weighted by Crippen LogP contribution is -2.36. The van der Waals surface area contributed by atoms with Gasteiger partial charge in [0.05, 0.1) is 43.1 Å². The minimum atomic E-state index is -3.24. The molecule has 9 nitrogen and oxygen atoms in total. The van der Waals surface area contributed by atoms with E-state index >= 15 is 0 Å². The van der Waals surface area contributed by atoms with Gasteiger partial charge >= 0.3 is 0 Å². The molecular weight excluding hydrogens is 492 g/mol. The van der Waals surface area contributed by atoms with Gasteiger partial charge < -0.3 is 19.7 Å². The standard InChI is InChI=1S/C27H25F2N7O2/c1-37-19-5-2-17(3-6-19)13-30-23-12-20-21(14-31-23)25(26(28)29)32-15-22(20)27-33-24-7-4-18(16-36(24)34-27)35-8-10-38-11-9-35/h2-7,12,14-16,26H,8-11,13H2,1H3,(H,30,31)/i8D2,9D2,10D2,11D2. The largest absolute Gasteiger partial charge is 0.497 e. The molecule has 194 valence electrons. The molecule has 1 saturated heterocycles. The number of fused-ring (bicyclic) bond motifs is 2. The van der Waals surface area contributed by atoms with E-state index in [0.717, 1.165) is 16.3 Å². The SMILES string of the molecule is [2H]C1([2H])OC([2H])([2H])C([2H])([2H])N(c2ccc3nc(-c4cnc(C(F)F)c5cnc(NCc6ccc(OC)cc6)cc45)nn3c2)C1([2H])[2H]. The zero-order chi connectivity index (χ0) is 33.2. The van der Waals surface area contributed by atoms with Crippen LogP contribution in [0.25, 0.3) is 27.8 Å². The van der Waals surface area contributed by atoms with Crippen LogP contribution in [-0.4, -0.2) is 57.8 Å². The molecule has 1 fully saturated rings. The molecule has 38 heavy (non-hydrogen) atoms. The first-order valence-electron chi connectivity index (χ1n) is 15.4. The summed E-state index contributed by atoms with van der Waals surface area (Å²) >= 11 is 0. The predicted molar refractivity (Wildman–Crippen MR) is 140 cm³/mol. The van der Waals surface area contributed by atoms with Crippen LogP contribution in [0.2, 0.25) is 0 Å². The minimum Gasteiger partial charge on any atom is -0.497 e. The molecule has 4 aromatic heterocycles. The van der Waals surface area contributed by atoms with Crippen LogP contribution in [0.5, 0.6) is 5.75 Å². The topological polar surface area (TPSA) is 89.7 Å². The second-order valence-electron chi connectivity index (χ2n) is 8.17. The third kappa shape index (κ3) is 4.68. The van der Waals surface area contributed by atoms with Gasteiger partial charge in [-0.3, -0.25) is 4.98 Å². The van der Waals surface area contributed by atoms with Crippen LogP contribution in [0.3, 0.4) is 0 Å². The first-order chi connectivity index (χ1) is 21.6. The molecule has 5 aromatic rings. The average Bonchev–Trinajstić information content (AvgIpc) is 3.41. The molecular formula is C27H25F2N7O2. The number of alkyl halides is 2. The van der Waals surface area contributed by atoms with Crippen LogP contribution in [0, 0.1) is 0 Å². The smallest absolute Gasteiger partial charge is 0.281 e. The summed E-state index contributed by atoms with van der Waals surface area (Å²) in [7, 11) is 1.56. The quantitative estimate of drug-likeness (QED) is 0.326. The number of hydrogen-bond acceptors (Lipinski definition) is 8. The number of halogens is 2. The fourth-order valence-corrected chi connectivity index (χ4v) is 3.98. The molecule has 1 aromatic carbocycles. The van der Waals surface area contributed by atoms with Crippen LogP contribution >= 0.6 is 0 Å². The van der Waals surface area contributed by atoms with Crippen LogP contribution in [0.15, 0.2) is 61.1 Å². The van der Waals surface area contributed by atoms with E-state index in [2.05, 4.69) is 30.1 Å². The summed E-state index contributed by atoms with van der Waals surface area (Å²) in [6, 6.07) is 11.5. The van der Waals surface area contributed by atoms with Crippen LogP contribution < -0.4 is 15.0 Å². The van der Waals surface area contributed by atoms with Gasteiger partial charge in [0.25, 0.3) is 6.43 Å². The second-order valence-corrected chi connectivity index (χ2v) is 8.17. The van der Waals surface area contributed by atoms with Gasteiger partial charge in [-0.25, -0.2) is 23.3 Å². The van der Waals surface area contributed by atoms with Crippen molar-refractivity contribution in [3.63, 3.8) is 0 Å². The molecule has 0 spiro atoms. The Morgan fingerprint density at radius 2 is 1.89 bits per heavy atom. The van der Waals surface area contributed by atoms with Gasteiger partial charge in [0.15, 0.2) is 11.5 Å². The van der Waals surface area contributed by atoms with Crippen molar-refractivity contribution in [1.29, 1.82) is 0 Å². The zero-order valence-corrected chi connectivity index (χ0v) is 19.8. The number of hydrogen-bond donors (Lipinski definition) is 1. The van der Waals surface area contributed by atoms with Crippen molar-refractivity contribution in [2.24, 2.45) is 0 Å². The Bertz CT molecular complexity index is 1920. The second kappa shape index (κ2) is 10.2. The molecule has 1 aliphatic heterocycles. The first-order valence-corrected chi connectivity index (χ1v) is 11.4. The molecule has 1 N–H and O–H groups in total. The molecule has 0 amide bonds. The molecule has 0 atom stereocenters. The van der Waals surface area contributed by atoms with E-state index in [-0.39, 0.29) is 28.1 Å². The van der Waals surface area contributed by atoms with E-state index in [1.807, 2.05) is 12.1 Å². The number of anilines is 2. The van der Waals surface area contributed by atoms with E-state index in [1.54, 1.807) is 25.3 Å². The summed E-state index contributed by atoms with van der Waals surface area (Å²) in [4.78, 5) is 13.0. The van der Waals surface area contributed by atoms with Crippen molar-refractivity contribution >= 4 is 27.9 Å². The Hall–Kier alpha value is -4.38. The summed E-state index contributed by atoms with van der Waals surface area (Å²) in [5.74, 6) is 1.12. The summed E-state index contributed by atoms with van der Waals surface area (Å²) in [6.45, 7) is -12.4. The van der Waals surface area contributed by atoms with Gasteiger partial charge in [-0.1, -0.05) is 12.1 Å². The number of benzene rings is 1. The Kier molecular flexibility index (Phi) is 4.41. The summed E-state index contributed by atoms with van der Waals surface area (Å²) < 4.78 is 104. The molecule has 0 aliphatic carbocycles. The number of methoxy groups -OCH3 is 1. The highest BCUT2D eigenvalue weighted by atomic mass is 19.3. The molecule has 0 bridgehead atoms. The summed E-state index contributed by atoms with van der Waals surface area (Å²) in [5.41, 5.74) is 0.625. The lowest BCUT2D eigenvalue weighted by Gasteiger charge is -2.28. The van der Waals surface area contributed by atoms with Crippen molar-refractivity contribution in [3.05, 3.63) is 72.3 Å². The van der Waals surface area contributed by atoms with Gasteiger partial charge in [0.1, 0.15) is 17.3 Å². The van der Waals surface area contributed by atoms with Crippen molar-refractivity contribution in [3.8, 4) is 17.1 Å². The number of aromatic nitrogens is 5. The highest BCUT2D eigenvalue weighted by molar-refractivity contribution is 5.97. The number of ether oxygens (including phenoxy) is 2. The molecule has 0 radical (unpaired) electrons. The maximum atomic E-state index is 13.9. The number of nitrogens with zero attached hydrogens (tertiary/aromatic N) is 6. The van der Waals surface area contributed by atoms with E-state index in [0.29, 0.717) is 28.4 Å². The number of nitrogens with one attached hydrogen (secondary N) is 1. The average molecular weight is 526 g/mol. The van der Waals surface area contributed by atoms with E-state index < -0.39 is 38.2 Å². The fraction of sp³-hybridized carbons (Fsp3) is 0.259. The Morgan fingerprint density at radius 3 is 2.66 bits per heavy atom. The number of pyridine rings is 3. The third-order valence-corrected chi connectivity index (χ3v) is 5.87. The third-order valence-electron chi connectivity index (χ3n) is 5.87. The number of rotatable bonds is 7. The highest BCUT2D eigenvalue weighted by Crippen LogP contribution is 2.33. The van der Waals surface area contributed by atoms with E-state index in [4.69, 9.17) is 15.7 Å². The zero-order valence-electron chi connectivity index (χ0n) is 27.8. The lowest BCUT2D eigenvalue weighted by molar-refractivity contribution is 0.122. The molecule has 0 saturated carbocycles. The first kappa shape index (κ1) is 16.5. The van der Waals surface area contributed by atoms with Crippen molar-refractivity contribution in [2.75, 3.05) is 43.4 Å². The highest BCUT2D eigenvalue weighted by Gasteiger charge is 2.20. The molecule has 0 unspecified atom stereocenters. The molecule has 5 heterocycles. The monoisotopic (exact) mass is 525 g/mol.